The first-order valence-corrected chi connectivity index (χ1v) is 8.38. The summed E-state index contributed by atoms with van der Waals surface area (Å²) in [6, 6.07) is 2.78. The number of piperidine rings is 1. The third-order valence-corrected chi connectivity index (χ3v) is 5.11. The van der Waals surface area contributed by atoms with Crippen molar-refractivity contribution in [1.82, 2.24) is 10.2 Å². The number of rotatable bonds is 3. The van der Waals surface area contributed by atoms with Gasteiger partial charge in [0.2, 0.25) is 5.91 Å². The third kappa shape index (κ3) is 3.72. The Kier molecular flexibility index (Phi) is 5.58. The smallest absolute Gasteiger partial charge is 0.405 e. The lowest BCUT2D eigenvalue weighted by Crippen LogP contribution is -2.57. The van der Waals surface area contributed by atoms with Gasteiger partial charge in [-0.15, -0.1) is 0 Å². The first-order chi connectivity index (χ1) is 11.6. The topological polar surface area (TPSA) is 89.9 Å². The van der Waals surface area contributed by atoms with E-state index in [0.29, 0.717) is 5.56 Å². The van der Waals surface area contributed by atoms with Gasteiger partial charge >= 0.3 is 6.09 Å². The van der Waals surface area contributed by atoms with Crippen molar-refractivity contribution in [3.63, 3.8) is 0 Å². The molecule has 3 atom stereocenters. The second kappa shape index (κ2) is 7.17. The highest BCUT2D eigenvalue weighted by atomic mass is 35.5. The summed E-state index contributed by atoms with van der Waals surface area (Å²) in [5, 5.41) is 22.2. The molecule has 0 aromatic heterocycles. The highest BCUT2D eigenvalue weighted by Crippen LogP contribution is 2.44. The SMILES string of the molecule is Cc1cc(Cl)cc(F)c1[C@@]1(O)[C@H](C)CN(C(=O)CNC(=O)O)C[C@@H]1C. The van der Waals surface area contributed by atoms with E-state index in [1.807, 2.05) is 5.32 Å². The second-order valence-electron chi connectivity index (χ2n) is 6.66. The molecule has 138 valence electrons. The number of aryl methyl sites for hydroxylation is 1. The first kappa shape index (κ1) is 19.5. The normalized spacial score (nSPS) is 26.4. The standard InChI is InChI=1S/C17H22ClFN2O4/c1-9-4-12(18)5-13(19)15(9)17(25)10(2)7-21(8-11(17)3)14(22)6-20-16(23)24/h4-5,10-11,20,25H,6-8H2,1-3H3,(H,23,24)/t10-,11+,17-. The van der Waals surface area contributed by atoms with E-state index in [9.17, 15) is 19.1 Å². The largest absolute Gasteiger partial charge is 0.465 e. The number of nitrogens with one attached hydrogen (secondary N) is 1. The summed E-state index contributed by atoms with van der Waals surface area (Å²) in [6.45, 7) is 5.24. The summed E-state index contributed by atoms with van der Waals surface area (Å²) in [6.07, 6.45) is -1.28. The minimum Gasteiger partial charge on any atom is -0.465 e. The number of carbonyl (C=O) groups excluding carboxylic acids is 1. The number of benzene rings is 1. The van der Waals surface area contributed by atoms with Gasteiger partial charge in [0.05, 0.1) is 0 Å². The van der Waals surface area contributed by atoms with Gasteiger partial charge in [0.25, 0.3) is 0 Å². The number of carboxylic acid groups (broad SMARTS) is 1. The Morgan fingerprint density at radius 3 is 2.40 bits per heavy atom. The maximum Gasteiger partial charge on any atom is 0.405 e. The molecule has 1 fully saturated rings. The number of likely N-dealkylation sites (tertiary alicyclic amines) is 1. The molecule has 0 aliphatic carbocycles. The molecular weight excluding hydrogens is 351 g/mol. The fourth-order valence-electron chi connectivity index (χ4n) is 3.67. The van der Waals surface area contributed by atoms with Crippen LogP contribution in [0.3, 0.4) is 0 Å². The van der Waals surface area contributed by atoms with Crippen LogP contribution < -0.4 is 5.32 Å². The van der Waals surface area contributed by atoms with Crippen LogP contribution in [0.5, 0.6) is 0 Å². The van der Waals surface area contributed by atoms with Crippen LogP contribution in [-0.4, -0.2) is 46.7 Å². The molecular formula is C17H22ClFN2O4. The molecule has 1 aromatic carbocycles. The zero-order valence-corrected chi connectivity index (χ0v) is 15.1. The van der Waals surface area contributed by atoms with Crippen molar-refractivity contribution in [2.45, 2.75) is 26.4 Å². The van der Waals surface area contributed by atoms with Crippen molar-refractivity contribution in [3.05, 3.63) is 34.1 Å². The summed E-state index contributed by atoms with van der Waals surface area (Å²) in [5.41, 5.74) is -0.693. The van der Waals surface area contributed by atoms with Gasteiger partial charge in [0, 0.05) is 35.5 Å². The molecule has 0 radical (unpaired) electrons. The molecule has 8 heteroatoms. The van der Waals surface area contributed by atoms with Gasteiger partial charge in [0.1, 0.15) is 18.0 Å². The molecule has 25 heavy (non-hydrogen) atoms. The van der Waals surface area contributed by atoms with Crippen molar-refractivity contribution in [1.29, 1.82) is 0 Å². The quantitative estimate of drug-likeness (QED) is 0.759. The molecule has 2 amide bonds. The van der Waals surface area contributed by atoms with Crippen LogP contribution in [0.25, 0.3) is 0 Å². The van der Waals surface area contributed by atoms with Crippen LogP contribution in [-0.2, 0) is 10.4 Å². The Hall–Kier alpha value is -1.86. The zero-order chi connectivity index (χ0) is 18.9. The fourth-order valence-corrected chi connectivity index (χ4v) is 3.93. The van der Waals surface area contributed by atoms with Gasteiger partial charge in [-0.05, 0) is 24.6 Å². The maximum absolute atomic E-state index is 14.6. The van der Waals surface area contributed by atoms with Crippen LogP contribution in [0.1, 0.15) is 25.0 Å². The Morgan fingerprint density at radius 1 is 1.36 bits per heavy atom. The van der Waals surface area contributed by atoms with Gasteiger partial charge in [-0.2, -0.15) is 0 Å². The lowest BCUT2D eigenvalue weighted by Gasteiger charge is -2.48. The van der Waals surface area contributed by atoms with Crippen LogP contribution in [0.2, 0.25) is 5.02 Å². The average molecular weight is 373 g/mol. The van der Waals surface area contributed by atoms with E-state index in [1.54, 1.807) is 26.8 Å². The Morgan fingerprint density at radius 2 is 1.92 bits per heavy atom. The van der Waals surface area contributed by atoms with Crippen LogP contribution in [0.15, 0.2) is 12.1 Å². The van der Waals surface area contributed by atoms with Gasteiger partial charge in [-0.1, -0.05) is 25.4 Å². The average Bonchev–Trinajstić information content (AvgIpc) is 2.48. The van der Waals surface area contributed by atoms with E-state index >= 15 is 0 Å². The van der Waals surface area contributed by atoms with Gasteiger partial charge < -0.3 is 20.4 Å². The number of halogens is 2. The molecule has 0 unspecified atom stereocenters. The van der Waals surface area contributed by atoms with E-state index in [-0.39, 0.29) is 36.1 Å². The predicted molar refractivity (Wildman–Crippen MR) is 91.0 cm³/mol. The molecule has 1 aliphatic rings. The maximum atomic E-state index is 14.6. The Bertz CT molecular complexity index is 662. The van der Waals surface area contributed by atoms with Crippen molar-refractivity contribution >= 4 is 23.6 Å². The molecule has 0 bridgehead atoms. The Balaban J connectivity index is 2.28. The predicted octanol–water partition coefficient (Wildman–Crippen LogP) is 2.36. The first-order valence-electron chi connectivity index (χ1n) is 8.00. The molecule has 3 N–H and O–H groups in total. The molecule has 1 aromatic rings. The fraction of sp³-hybridized carbons (Fsp3) is 0.529. The number of hydrogen-bond acceptors (Lipinski definition) is 3. The van der Waals surface area contributed by atoms with E-state index in [4.69, 9.17) is 16.7 Å². The van der Waals surface area contributed by atoms with Crippen molar-refractivity contribution in [3.8, 4) is 0 Å². The lowest BCUT2D eigenvalue weighted by molar-refractivity contribution is -0.148. The van der Waals surface area contributed by atoms with E-state index < -0.39 is 29.3 Å². The highest BCUT2D eigenvalue weighted by molar-refractivity contribution is 6.30. The van der Waals surface area contributed by atoms with Crippen molar-refractivity contribution in [2.75, 3.05) is 19.6 Å². The van der Waals surface area contributed by atoms with Crippen LogP contribution in [0.4, 0.5) is 9.18 Å². The number of hydrogen-bond donors (Lipinski definition) is 3. The summed E-state index contributed by atoms with van der Waals surface area (Å²) in [7, 11) is 0. The highest BCUT2D eigenvalue weighted by Gasteiger charge is 2.48. The monoisotopic (exact) mass is 372 g/mol. The van der Waals surface area contributed by atoms with E-state index in [2.05, 4.69) is 0 Å². The van der Waals surface area contributed by atoms with Crippen LogP contribution in [0, 0.1) is 24.6 Å². The summed E-state index contributed by atoms with van der Waals surface area (Å²) in [4.78, 5) is 24.2. The second-order valence-corrected chi connectivity index (χ2v) is 7.10. The number of nitrogens with zero attached hydrogens (tertiary/aromatic N) is 1. The third-order valence-electron chi connectivity index (χ3n) is 4.89. The molecule has 6 nitrogen and oxygen atoms in total. The summed E-state index contributed by atoms with van der Waals surface area (Å²) in [5.74, 6) is -1.84. The van der Waals surface area contributed by atoms with Gasteiger partial charge in [-0.3, -0.25) is 4.79 Å². The number of carbonyl (C=O) groups is 2. The van der Waals surface area contributed by atoms with E-state index in [1.165, 1.54) is 11.0 Å². The molecule has 0 spiro atoms. The lowest BCUT2D eigenvalue weighted by atomic mass is 9.69. The Labute approximate surface area is 150 Å². The van der Waals surface area contributed by atoms with Crippen molar-refractivity contribution < 1.29 is 24.2 Å². The molecule has 1 aliphatic heterocycles. The molecule has 1 heterocycles. The molecule has 1 saturated heterocycles. The minimum atomic E-state index is -1.45. The van der Waals surface area contributed by atoms with E-state index in [0.717, 1.165) is 0 Å². The summed E-state index contributed by atoms with van der Waals surface area (Å²) < 4.78 is 14.6. The number of aliphatic hydroxyl groups is 1. The molecule has 0 saturated carbocycles. The van der Waals surface area contributed by atoms with Crippen LogP contribution >= 0.6 is 11.6 Å². The molecule has 2 rings (SSSR count). The van der Waals surface area contributed by atoms with Gasteiger partial charge in [-0.25, -0.2) is 9.18 Å². The van der Waals surface area contributed by atoms with Gasteiger partial charge in [0.15, 0.2) is 0 Å². The number of amides is 2. The summed E-state index contributed by atoms with van der Waals surface area (Å²) >= 11 is 5.87. The minimum absolute atomic E-state index is 0.197. The zero-order valence-electron chi connectivity index (χ0n) is 14.3. The van der Waals surface area contributed by atoms with Crippen molar-refractivity contribution in [2.24, 2.45) is 11.8 Å².